The van der Waals surface area contributed by atoms with E-state index in [2.05, 4.69) is 5.16 Å². The van der Waals surface area contributed by atoms with E-state index in [0.29, 0.717) is 30.4 Å². The summed E-state index contributed by atoms with van der Waals surface area (Å²) >= 11 is 12.7. The van der Waals surface area contributed by atoms with Crippen LogP contribution in [0.1, 0.15) is 47.4 Å². The normalized spacial score (nSPS) is 21.7. The number of esters is 1. The second-order valence-corrected chi connectivity index (χ2v) is 10.5. The van der Waals surface area contributed by atoms with Gasteiger partial charge >= 0.3 is 5.97 Å². The minimum absolute atomic E-state index is 0.0198. The lowest BCUT2D eigenvalue weighted by Crippen LogP contribution is -2.57. The number of rotatable bonds is 7. The highest BCUT2D eigenvalue weighted by Crippen LogP contribution is 2.43. The molecular weight excluding hydrogens is 520 g/mol. The highest BCUT2D eigenvalue weighted by Gasteiger charge is 2.50. The number of carbonyl (C=O) groups is 2. The van der Waals surface area contributed by atoms with Crippen LogP contribution in [0.3, 0.4) is 0 Å². The van der Waals surface area contributed by atoms with Gasteiger partial charge in [0.1, 0.15) is 22.8 Å². The molecule has 7 nitrogen and oxygen atoms in total. The number of hydrogen-bond acceptors (Lipinski definition) is 6. The smallest absolute Gasteiger partial charge is 0.345 e. The number of nitrogens with zero attached hydrogens (tertiary/aromatic N) is 2. The van der Waals surface area contributed by atoms with Crippen molar-refractivity contribution in [3.63, 3.8) is 0 Å². The van der Waals surface area contributed by atoms with Crippen LogP contribution >= 0.6 is 23.2 Å². The largest absolute Gasteiger partial charge is 0.445 e. The quantitative estimate of drug-likeness (QED) is 0.387. The molecule has 2 N–H and O–H groups in total. The van der Waals surface area contributed by atoms with Crippen molar-refractivity contribution in [1.82, 2.24) is 10.1 Å². The first-order chi connectivity index (χ1) is 17.5. The molecule has 0 unspecified atom stereocenters. The van der Waals surface area contributed by atoms with Gasteiger partial charge in [-0.15, -0.1) is 0 Å². The Morgan fingerprint density at radius 2 is 1.70 bits per heavy atom. The van der Waals surface area contributed by atoms with Gasteiger partial charge in [0.05, 0.1) is 10.0 Å². The van der Waals surface area contributed by atoms with Crippen molar-refractivity contribution in [3.05, 3.63) is 75.2 Å². The summed E-state index contributed by atoms with van der Waals surface area (Å²) in [6, 6.07) is 11.5. The predicted molar refractivity (Wildman–Crippen MR) is 139 cm³/mol. The van der Waals surface area contributed by atoms with Crippen LogP contribution in [0.15, 0.2) is 47.0 Å². The number of benzene rings is 2. The summed E-state index contributed by atoms with van der Waals surface area (Å²) in [4.78, 5) is 28.2. The molecule has 0 bridgehead atoms. The Balaban J connectivity index is 1.62. The second-order valence-electron chi connectivity index (χ2n) is 9.69. The van der Waals surface area contributed by atoms with E-state index in [-0.39, 0.29) is 45.7 Å². The third kappa shape index (κ3) is 5.10. The highest BCUT2D eigenvalue weighted by molar-refractivity contribution is 6.39. The molecule has 2 aromatic carbocycles. The van der Waals surface area contributed by atoms with Crippen molar-refractivity contribution >= 4 is 35.1 Å². The van der Waals surface area contributed by atoms with Crippen LogP contribution in [-0.4, -0.2) is 47.2 Å². The van der Waals surface area contributed by atoms with Crippen LogP contribution in [0.25, 0.3) is 11.3 Å². The minimum Gasteiger partial charge on any atom is -0.445 e. The Bertz CT molecular complexity index is 1310. The molecule has 1 aliphatic carbocycles. The molecule has 1 heterocycles. The van der Waals surface area contributed by atoms with Crippen molar-refractivity contribution in [2.75, 3.05) is 14.1 Å². The van der Waals surface area contributed by atoms with Gasteiger partial charge in [0.15, 0.2) is 5.60 Å². The standard InChI is InChI=1S/C27H28Cl2FN3O4/c1-16-21(23(32-37-16)22-18(28)8-6-9-19(22)29)24(34)36-27(25(31)35)13-11-26(12-14-27,33(2)3)15-17-7-4-5-10-20(17)30/h4-10H,11-15H2,1-3H3,(H2,31,35). The summed E-state index contributed by atoms with van der Waals surface area (Å²) in [6.45, 7) is 1.56. The van der Waals surface area contributed by atoms with E-state index >= 15 is 0 Å². The molecular formula is C27H28Cl2FN3O4. The molecule has 1 amide bonds. The molecule has 1 aliphatic rings. The van der Waals surface area contributed by atoms with E-state index in [1.54, 1.807) is 43.3 Å². The molecule has 1 aromatic heterocycles. The first-order valence-electron chi connectivity index (χ1n) is 11.8. The summed E-state index contributed by atoms with van der Waals surface area (Å²) in [5.74, 6) is -1.65. The molecule has 0 atom stereocenters. The number of aromatic nitrogens is 1. The minimum atomic E-state index is -1.54. The van der Waals surface area contributed by atoms with Crippen LogP contribution in [0.2, 0.25) is 10.0 Å². The maximum Gasteiger partial charge on any atom is 0.345 e. The molecule has 0 aliphatic heterocycles. The molecule has 10 heteroatoms. The fourth-order valence-electron chi connectivity index (χ4n) is 5.03. The predicted octanol–water partition coefficient (Wildman–Crippen LogP) is 5.59. The Morgan fingerprint density at radius 3 is 2.27 bits per heavy atom. The first-order valence-corrected chi connectivity index (χ1v) is 12.6. The topological polar surface area (TPSA) is 98.7 Å². The van der Waals surface area contributed by atoms with Gasteiger partial charge in [-0.05, 0) is 76.9 Å². The molecule has 0 spiro atoms. The molecule has 3 aromatic rings. The van der Waals surface area contributed by atoms with E-state index < -0.39 is 23.0 Å². The van der Waals surface area contributed by atoms with Crippen LogP contribution in [0, 0.1) is 12.7 Å². The van der Waals surface area contributed by atoms with Gasteiger partial charge in [0.2, 0.25) is 0 Å². The molecule has 196 valence electrons. The number of hydrogen-bond donors (Lipinski definition) is 1. The van der Waals surface area contributed by atoms with E-state index in [1.165, 1.54) is 6.07 Å². The maximum absolute atomic E-state index is 14.5. The monoisotopic (exact) mass is 547 g/mol. The number of amides is 1. The lowest BCUT2D eigenvalue weighted by atomic mass is 9.70. The molecule has 4 rings (SSSR count). The Labute approximate surface area is 224 Å². The summed E-state index contributed by atoms with van der Waals surface area (Å²) in [7, 11) is 3.84. The number of aryl methyl sites for hydroxylation is 1. The van der Waals surface area contributed by atoms with E-state index in [1.807, 2.05) is 19.0 Å². The third-order valence-corrected chi connectivity index (χ3v) is 8.05. The van der Waals surface area contributed by atoms with Crippen molar-refractivity contribution in [3.8, 4) is 11.3 Å². The van der Waals surface area contributed by atoms with Crippen molar-refractivity contribution in [2.45, 2.75) is 50.2 Å². The molecule has 0 saturated heterocycles. The fraction of sp³-hybridized carbons (Fsp3) is 0.370. The number of halogens is 3. The van der Waals surface area contributed by atoms with Crippen LogP contribution < -0.4 is 5.73 Å². The molecule has 37 heavy (non-hydrogen) atoms. The van der Waals surface area contributed by atoms with Crippen LogP contribution in [0.5, 0.6) is 0 Å². The zero-order valence-corrected chi connectivity index (χ0v) is 22.3. The SMILES string of the molecule is Cc1onc(-c2c(Cl)cccc2Cl)c1C(=O)OC1(C(N)=O)CCC(Cc2ccccc2F)(N(C)C)CC1. The number of carbonyl (C=O) groups excluding carboxylic acids is 2. The van der Waals surface area contributed by atoms with E-state index in [0.717, 1.165) is 0 Å². The van der Waals surface area contributed by atoms with Gasteiger partial charge in [0, 0.05) is 11.1 Å². The molecule has 1 fully saturated rings. The zero-order valence-electron chi connectivity index (χ0n) is 20.8. The highest BCUT2D eigenvalue weighted by atomic mass is 35.5. The van der Waals surface area contributed by atoms with Crippen LogP contribution in [0.4, 0.5) is 4.39 Å². The maximum atomic E-state index is 14.5. The Hall–Kier alpha value is -2.94. The second kappa shape index (κ2) is 10.4. The van der Waals surface area contributed by atoms with Gasteiger partial charge in [-0.3, -0.25) is 4.79 Å². The average Bonchev–Trinajstić information content (AvgIpc) is 3.22. The summed E-state index contributed by atoms with van der Waals surface area (Å²) in [5, 5.41) is 4.55. The fourth-order valence-corrected chi connectivity index (χ4v) is 5.61. The molecule has 0 radical (unpaired) electrons. The van der Waals surface area contributed by atoms with Crippen molar-refractivity contribution in [1.29, 1.82) is 0 Å². The van der Waals surface area contributed by atoms with Crippen LogP contribution in [-0.2, 0) is 16.0 Å². The lowest BCUT2D eigenvalue weighted by molar-refractivity contribution is -0.144. The first kappa shape index (κ1) is 27.1. The Kier molecular flexibility index (Phi) is 7.65. The number of likely N-dealkylation sites (N-methyl/N-ethyl adjacent to an activating group) is 1. The van der Waals surface area contributed by atoms with Gasteiger partial charge in [-0.25, -0.2) is 9.18 Å². The Morgan fingerprint density at radius 1 is 1.08 bits per heavy atom. The number of nitrogens with two attached hydrogens (primary N) is 1. The zero-order chi connectivity index (χ0) is 27.0. The van der Waals surface area contributed by atoms with Gasteiger partial charge in [-0.1, -0.05) is 52.6 Å². The summed E-state index contributed by atoms with van der Waals surface area (Å²) < 4.78 is 25.6. The number of primary amides is 1. The van der Waals surface area contributed by atoms with Crippen molar-refractivity contribution in [2.24, 2.45) is 5.73 Å². The summed E-state index contributed by atoms with van der Waals surface area (Å²) in [5.41, 5.74) is 4.86. The third-order valence-electron chi connectivity index (χ3n) is 7.42. The van der Waals surface area contributed by atoms with Gasteiger partial charge < -0.3 is 19.9 Å². The average molecular weight is 548 g/mol. The van der Waals surface area contributed by atoms with E-state index in [4.69, 9.17) is 38.2 Å². The number of ether oxygens (including phenoxy) is 1. The van der Waals surface area contributed by atoms with Gasteiger partial charge in [0.25, 0.3) is 5.91 Å². The summed E-state index contributed by atoms with van der Waals surface area (Å²) in [6.07, 6.45) is 1.70. The van der Waals surface area contributed by atoms with E-state index in [9.17, 15) is 14.0 Å². The lowest BCUT2D eigenvalue weighted by Gasteiger charge is -2.48. The van der Waals surface area contributed by atoms with Crippen molar-refractivity contribution < 1.29 is 23.2 Å². The van der Waals surface area contributed by atoms with Gasteiger partial charge in [-0.2, -0.15) is 0 Å². The molecule has 1 saturated carbocycles.